The maximum atomic E-state index is 13.2. The monoisotopic (exact) mass is 461 g/mol. The van der Waals surface area contributed by atoms with Crippen molar-refractivity contribution >= 4 is 46.1 Å². The van der Waals surface area contributed by atoms with Crippen LogP contribution in [-0.4, -0.2) is 36.3 Å². The van der Waals surface area contributed by atoms with Gasteiger partial charge in [0.25, 0.3) is 0 Å². The minimum absolute atomic E-state index is 0.180. The van der Waals surface area contributed by atoms with Crippen LogP contribution in [0.3, 0.4) is 0 Å². The molecule has 0 unspecified atom stereocenters. The third kappa shape index (κ3) is 6.78. The van der Waals surface area contributed by atoms with Crippen molar-refractivity contribution in [1.29, 1.82) is 0 Å². The summed E-state index contributed by atoms with van der Waals surface area (Å²) in [5, 5.41) is 5.67. The number of anilines is 1. The number of benzene rings is 3. The fourth-order valence-electron chi connectivity index (χ4n) is 3.00. The van der Waals surface area contributed by atoms with Gasteiger partial charge in [-0.25, -0.2) is 9.79 Å². The van der Waals surface area contributed by atoms with Crippen molar-refractivity contribution in [3.63, 3.8) is 0 Å². The molecule has 7 nitrogen and oxygen atoms in total. The van der Waals surface area contributed by atoms with Gasteiger partial charge >= 0.3 is 6.09 Å². The van der Waals surface area contributed by atoms with E-state index in [1.165, 1.54) is 18.9 Å². The second-order valence-corrected chi connectivity index (χ2v) is 7.67. The van der Waals surface area contributed by atoms with E-state index in [2.05, 4.69) is 20.4 Å². The van der Waals surface area contributed by atoms with Crippen LogP contribution < -0.4 is 10.6 Å². The highest BCUT2D eigenvalue weighted by Crippen LogP contribution is 2.26. The van der Waals surface area contributed by atoms with E-state index in [0.29, 0.717) is 27.7 Å². The van der Waals surface area contributed by atoms with Crippen LogP contribution in [-0.2, 0) is 16.0 Å². The average Bonchev–Trinajstić information content (AvgIpc) is 2.85. The summed E-state index contributed by atoms with van der Waals surface area (Å²) in [5.74, 6) is -0.494. The number of alkyl carbamates (subject to hydrolysis) is 1. The second kappa shape index (κ2) is 11.6. The summed E-state index contributed by atoms with van der Waals surface area (Å²) >= 11 is 1.22. The maximum Gasteiger partial charge on any atom is 0.412 e. The Bertz CT molecular complexity index is 1160. The van der Waals surface area contributed by atoms with Gasteiger partial charge in [0, 0.05) is 11.1 Å². The SMILES string of the molecule is COC(=O)NC(=Nc1ccc(NC(=O)Cc2ccccc2)c(C(=O)c2ccccc2)c1)SC. The molecule has 0 saturated heterocycles. The van der Waals surface area contributed by atoms with Gasteiger partial charge in [0.1, 0.15) is 0 Å². The summed E-state index contributed by atoms with van der Waals surface area (Å²) in [7, 11) is 1.26. The van der Waals surface area contributed by atoms with Crippen molar-refractivity contribution in [2.75, 3.05) is 18.7 Å². The Labute approximate surface area is 196 Å². The molecule has 0 saturated carbocycles. The average molecular weight is 462 g/mol. The first-order valence-corrected chi connectivity index (χ1v) is 11.3. The number of aliphatic imine (C=N–C) groups is 1. The van der Waals surface area contributed by atoms with Crippen LogP contribution in [0.5, 0.6) is 0 Å². The molecule has 0 radical (unpaired) electrons. The first kappa shape index (κ1) is 23.7. The first-order chi connectivity index (χ1) is 16.0. The number of hydrogen-bond acceptors (Lipinski definition) is 6. The molecule has 33 heavy (non-hydrogen) atoms. The number of thioether (sulfide) groups is 1. The van der Waals surface area contributed by atoms with Crippen LogP contribution in [0.25, 0.3) is 0 Å². The Morgan fingerprint density at radius 1 is 0.939 bits per heavy atom. The predicted molar refractivity (Wildman–Crippen MR) is 131 cm³/mol. The summed E-state index contributed by atoms with van der Waals surface area (Å²) in [5.41, 5.74) is 2.47. The van der Waals surface area contributed by atoms with Crippen LogP contribution in [0.2, 0.25) is 0 Å². The summed E-state index contributed by atoms with van der Waals surface area (Å²) in [4.78, 5) is 41.8. The van der Waals surface area contributed by atoms with Gasteiger partial charge in [0.15, 0.2) is 11.0 Å². The highest BCUT2D eigenvalue weighted by atomic mass is 32.2. The van der Waals surface area contributed by atoms with Crippen LogP contribution in [0.4, 0.5) is 16.2 Å². The molecule has 0 bridgehead atoms. The molecule has 0 aliphatic rings. The van der Waals surface area contributed by atoms with E-state index in [4.69, 9.17) is 0 Å². The van der Waals surface area contributed by atoms with Gasteiger partial charge in [-0.3, -0.25) is 14.9 Å². The standard InChI is InChI=1S/C25H23N3O4S/c1-32-25(31)28-24(33-2)26-19-13-14-21(27-22(29)15-17-9-5-3-6-10-17)20(16-19)23(30)18-11-7-4-8-12-18/h3-14,16H,15H2,1-2H3,(H,27,29)(H,26,28,31). The summed E-state index contributed by atoms with van der Waals surface area (Å²) in [6, 6.07) is 23.0. The maximum absolute atomic E-state index is 13.2. The number of amidine groups is 1. The van der Waals surface area contributed by atoms with Crippen molar-refractivity contribution < 1.29 is 19.1 Å². The van der Waals surface area contributed by atoms with Crippen molar-refractivity contribution in [3.8, 4) is 0 Å². The Balaban J connectivity index is 1.94. The van der Waals surface area contributed by atoms with Gasteiger partial charge < -0.3 is 10.1 Å². The highest BCUT2D eigenvalue weighted by Gasteiger charge is 2.17. The molecule has 0 aliphatic heterocycles. The van der Waals surface area contributed by atoms with E-state index < -0.39 is 6.09 Å². The van der Waals surface area contributed by atoms with Gasteiger partial charge in [-0.2, -0.15) is 0 Å². The fourth-order valence-corrected chi connectivity index (χ4v) is 3.38. The predicted octanol–water partition coefficient (Wildman–Crippen LogP) is 4.81. The summed E-state index contributed by atoms with van der Waals surface area (Å²) in [6.45, 7) is 0. The molecule has 3 aromatic rings. The molecule has 3 rings (SSSR count). The third-order valence-corrected chi connectivity index (χ3v) is 5.16. The molecule has 0 spiro atoms. The lowest BCUT2D eigenvalue weighted by atomic mass is 10.0. The van der Waals surface area contributed by atoms with Crippen LogP contribution in [0.15, 0.2) is 83.9 Å². The zero-order chi connectivity index (χ0) is 23.6. The van der Waals surface area contributed by atoms with Gasteiger partial charge in [-0.05, 0) is 30.0 Å². The first-order valence-electron chi connectivity index (χ1n) is 10.1. The van der Waals surface area contributed by atoms with Gasteiger partial charge in [0.05, 0.1) is 24.9 Å². The number of nitrogens with one attached hydrogen (secondary N) is 2. The quantitative estimate of drug-likeness (QED) is 0.312. The normalized spacial score (nSPS) is 10.9. The molecule has 0 aromatic heterocycles. The number of carbonyl (C=O) groups excluding carboxylic acids is 3. The van der Waals surface area contributed by atoms with Crippen molar-refractivity contribution in [2.24, 2.45) is 4.99 Å². The molecule has 0 aliphatic carbocycles. The number of methoxy groups -OCH3 is 1. The zero-order valence-corrected chi connectivity index (χ0v) is 19.0. The Morgan fingerprint density at radius 2 is 1.61 bits per heavy atom. The number of nitrogens with zero attached hydrogens (tertiary/aromatic N) is 1. The third-order valence-electron chi connectivity index (χ3n) is 4.58. The van der Waals surface area contributed by atoms with Crippen molar-refractivity contribution in [3.05, 3.63) is 95.6 Å². The molecular weight excluding hydrogens is 438 g/mol. The zero-order valence-electron chi connectivity index (χ0n) is 18.2. The summed E-state index contributed by atoms with van der Waals surface area (Å²) in [6.07, 6.45) is 1.29. The van der Waals surface area contributed by atoms with Gasteiger partial charge in [-0.1, -0.05) is 72.4 Å². The highest BCUT2D eigenvalue weighted by molar-refractivity contribution is 8.13. The van der Waals surface area contributed by atoms with E-state index in [9.17, 15) is 14.4 Å². The largest absolute Gasteiger partial charge is 0.453 e. The smallest absolute Gasteiger partial charge is 0.412 e. The number of carbonyl (C=O) groups is 3. The Kier molecular flexibility index (Phi) is 8.37. The second-order valence-electron chi connectivity index (χ2n) is 6.87. The van der Waals surface area contributed by atoms with Gasteiger partial charge in [0.2, 0.25) is 5.91 Å². The minimum atomic E-state index is -0.645. The molecule has 0 fully saturated rings. The van der Waals surface area contributed by atoms with E-state index in [1.54, 1.807) is 48.7 Å². The van der Waals surface area contributed by atoms with E-state index in [1.807, 2.05) is 36.4 Å². The molecule has 168 valence electrons. The number of rotatable bonds is 6. The van der Waals surface area contributed by atoms with E-state index >= 15 is 0 Å². The van der Waals surface area contributed by atoms with Crippen LogP contribution in [0, 0.1) is 0 Å². The Morgan fingerprint density at radius 3 is 2.24 bits per heavy atom. The number of hydrogen-bond donors (Lipinski definition) is 2. The lowest BCUT2D eigenvalue weighted by molar-refractivity contribution is -0.115. The van der Waals surface area contributed by atoms with Crippen LogP contribution >= 0.6 is 11.8 Å². The number of ketones is 1. The molecule has 2 N–H and O–H groups in total. The molecule has 8 heteroatoms. The van der Waals surface area contributed by atoms with Crippen LogP contribution in [0.1, 0.15) is 21.5 Å². The number of amides is 2. The molecule has 3 aromatic carbocycles. The Hall–Kier alpha value is -3.91. The lowest BCUT2D eigenvalue weighted by Gasteiger charge is -2.12. The molecule has 2 amide bonds. The number of ether oxygens (including phenoxy) is 1. The van der Waals surface area contributed by atoms with Crippen molar-refractivity contribution in [1.82, 2.24) is 5.32 Å². The van der Waals surface area contributed by atoms with E-state index in [-0.39, 0.29) is 18.1 Å². The summed E-state index contributed by atoms with van der Waals surface area (Å²) < 4.78 is 4.61. The topological polar surface area (TPSA) is 96.9 Å². The van der Waals surface area contributed by atoms with Crippen molar-refractivity contribution in [2.45, 2.75) is 6.42 Å². The molecular formula is C25H23N3O4S. The fraction of sp³-hybridized carbons (Fsp3) is 0.120. The minimum Gasteiger partial charge on any atom is -0.453 e. The molecule has 0 atom stereocenters. The van der Waals surface area contributed by atoms with E-state index in [0.717, 1.165) is 5.56 Å². The molecule has 0 heterocycles. The van der Waals surface area contributed by atoms with Gasteiger partial charge in [-0.15, -0.1) is 0 Å². The lowest BCUT2D eigenvalue weighted by Crippen LogP contribution is -2.27.